The molecule has 29 heavy (non-hydrogen) atoms. The Labute approximate surface area is 172 Å². The summed E-state index contributed by atoms with van der Waals surface area (Å²) in [6.45, 7) is 3.46. The van der Waals surface area contributed by atoms with Gasteiger partial charge in [-0.25, -0.2) is 0 Å². The van der Waals surface area contributed by atoms with Gasteiger partial charge in [0.05, 0.1) is 12.0 Å². The Morgan fingerprint density at radius 2 is 1.97 bits per heavy atom. The highest BCUT2D eigenvalue weighted by molar-refractivity contribution is 8.18. The number of carbonyl (C=O) groups is 3. The number of hydrogen-bond donors (Lipinski definition) is 2. The van der Waals surface area contributed by atoms with Crippen LogP contribution < -0.4 is 10.1 Å². The topological polar surface area (TPSA) is 95.9 Å². The number of carbonyl (C=O) groups excluding carboxylic acids is 3. The number of aromatic hydroxyl groups is 1. The van der Waals surface area contributed by atoms with Gasteiger partial charge >= 0.3 is 0 Å². The minimum Gasteiger partial charge on any atom is -0.504 e. The number of ether oxygens (including phenoxy) is 1. The van der Waals surface area contributed by atoms with Crippen molar-refractivity contribution in [3.05, 3.63) is 58.0 Å². The molecule has 2 aromatic rings. The number of anilines is 1. The van der Waals surface area contributed by atoms with Crippen LogP contribution in [-0.2, 0) is 9.59 Å². The summed E-state index contributed by atoms with van der Waals surface area (Å²) in [4.78, 5) is 38.3. The Balaban J connectivity index is 1.72. The number of imide groups is 1. The van der Waals surface area contributed by atoms with Crippen LogP contribution in [0.1, 0.15) is 16.7 Å². The van der Waals surface area contributed by atoms with Crippen molar-refractivity contribution in [3.63, 3.8) is 0 Å². The molecular weight excluding hydrogens is 392 g/mol. The van der Waals surface area contributed by atoms with Crippen LogP contribution in [0.3, 0.4) is 0 Å². The van der Waals surface area contributed by atoms with Crippen LogP contribution in [0.5, 0.6) is 11.5 Å². The lowest BCUT2D eigenvalue weighted by molar-refractivity contribution is -0.127. The quantitative estimate of drug-likeness (QED) is 0.727. The number of thioether (sulfide) groups is 1. The normalized spacial score (nSPS) is 15.1. The SMILES string of the molecule is COc1cc(/C=C2/SC(=O)N(CC(=O)Nc3ccc(C)cc3C)C2=O)ccc1O. The van der Waals surface area contributed by atoms with Gasteiger partial charge in [-0.1, -0.05) is 23.8 Å². The summed E-state index contributed by atoms with van der Waals surface area (Å²) in [6, 6.07) is 10.2. The fourth-order valence-electron chi connectivity index (χ4n) is 2.86. The van der Waals surface area contributed by atoms with E-state index in [9.17, 15) is 19.5 Å². The van der Waals surface area contributed by atoms with E-state index in [-0.39, 0.29) is 22.9 Å². The van der Waals surface area contributed by atoms with E-state index < -0.39 is 17.1 Å². The summed E-state index contributed by atoms with van der Waals surface area (Å²) in [5.41, 5.74) is 3.19. The number of aryl methyl sites for hydroxylation is 2. The van der Waals surface area contributed by atoms with E-state index in [1.165, 1.54) is 19.3 Å². The summed E-state index contributed by atoms with van der Waals surface area (Å²) >= 11 is 0.763. The summed E-state index contributed by atoms with van der Waals surface area (Å²) < 4.78 is 5.04. The summed E-state index contributed by atoms with van der Waals surface area (Å²) in [5.74, 6) is -0.763. The maximum Gasteiger partial charge on any atom is 0.294 e. The molecule has 1 aliphatic rings. The van der Waals surface area contributed by atoms with Gasteiger partial charge in [0.2, 0.25) is 5.91 Å². The molecular formula is C21H20N2O5S. The number of rotatable bonds is 5. The zero-order valence-corrected chi connectivity index (χ0v) is 17.0. The van der Waals surface area contributed by atoms with E-state index in [2.05, 4.69) is 5.32 Å². The summed E-state index contributed by atoms with van der Waals surface area (Å²) in [6.07, 6.45) is 1.52. The van der Waals surface area contributed by atoms with Gasteiger partial charge in [0.25, 0.3) is 11.1 Å². The fraction of sp³-hybridized carbons (Fsp3) is 0.190. The molecule has 3 amide bonds. The lowest BCUT2D eigenvalue weighted by Crippen LogP contribution is -2.36. The molecule has 7 nitrogen and oxygen atoms in total. The van der Waals surface area contributed by atoms with E-state index in [4.69, 9.17) is 4.74 Å². The maximum atomic E-state index is 12.6. The minimum absolute atomic E-state index is 0.0270. The molecule has 1 aliphatic heterocycles. The highest BCUT2D eigenvalue weighted by atomic mass is 32.2. The third kappa shape index (κ3) is 4.60. The first kappa shape index (κ1) is 20.5. The minimum atomic E-state index is -0.539. The van der Waals surface area contributed by atoms with Crippen LogP contribution in [0.4, 0.5) is 10.5 Å². The van der Waals surface area contributed by atoms with Crippen molar-refractivity contribution < 1.29 is 24.2 Å². The number of nitrogens with zero attached hydrogens (tertiary/aromatic N) is 1. The fourth-order valence-corrected chi connectivity index (χ4v) is 3.70. The summed E-state index contributed by atoms with van der Waals surface area (Å²) in [5, 5.41) is 11.9. The second-order valence-electron chi connectivity index (χ2n) is 6.57. The van der Waals surface area contributed by atoms with Crippen molar-refractivity contribution >= 4 is 40.6 Å². The predicted octanol–water partition coefficient (Wildman–Crippen LogP) is 3.69. The first-order valence-corrected chi connectivity index (χ1v) is 9.59. The number of hydrogen-bond acceptors (Lipinski definition) is 6. The van der Waals surface area contributed by atoms with Gasteiger partial charge in [-0.2, -0.15) is 0 Å². The first-order valence-electron chi connectivity index (χ1n) is 8.78. The van der Waals surface area contributed by atoms with Crippen LogP contribution in [0.2, 0.25) is 0 Å². The molecule has 8 heteroatoms. The van der Waals surface area contributed by atoms with Crippen LogP contribution in [0.25, 0.3) is 6.08 Å². The highest BCUT2D eigenvalue weighted by Crippen LogP contribution is 2.34. The van der Waals surface area contributed by atoms with Gasteiger partial charge in [0.1, 0.15) is 6.54 Å². The van der Waals surface area contributed by atoms with E-state index in [0.29, 0.717) is 11.3 Å². The van der Waals surface area contributed by atoms with E-state index in [1.54, 1.807) is 18.2 Å². The van der Waals surface area contributed by atoms with Crippen molar-refractivity contribution in [1.82, 2.24) is 4.90 Å². The molecule has 0 bridgehead atoms. The van der Waals surface area contributed by atoms with Crippen LogP contribution in [-0.4, -0.2) is 40.7 Å². The molecule has 3 rings (SSSR count). The Hall–Kier alpha value is -3.26. The lowest BCUT2D eigenvalue weighted by atomic mass is 10.1. The molecule has 0 radical (unpaired) electrons. The van der Waals surface area contributed by atoms with Gasteiger partial charge < -0.3 is 15.2 Å². The molecule has 1 heterocycles. The molecule has 150 valence electrons. The molecule has 1 fully saturated rings. The highest BCUT2D eigenvalue weighted by Gasteiger charge is 2.36. The second kappa shape index (κ2) is 8.40. The zero-order valence-electron chi connectivity index (χ0n) is 16.2. The van der Waals surface area contributed by atoms with Crippen LogP contribution >= 0.6 is 11.8 Å². The molecule has 2 aromatic carbocycles. The smallest absolute Gasteiger partial charge is 0.294 e. The third-order valence-corrected chi connectivity index (χ3v) is 5.24. The third-order valence-electron chi connectivity index (χ3n) is 4.33. The molecule has 2 N–H and O–H groups in total. The molecule has 0 unspecified atom stereocenters. The first-order chi connectivity index (χ1) is 13.8. The summed E-state index contributed by atoms with van der Waals surface area (Å²) in [7, 11) is 1.42. The second-order valence-corrected chi connectivity index (χ2v) is 7.56. The van der Waals surface area contributed by atoms with Gasteiger partial charge in [-0.3, -0.25) is 19.3 Å². The van der Waals surface area contributed by atoms with Crippen molar-refractivity contribution in [2.24, 2.45) is 0 Å². The number of methoxy groups -OCH3 is 1. The number of phenols is 1. The average Bonchev–Trinajstić information content (AvgIpc) is 2.93. The van der Waals surface area contributed by atoms with E-state index >= 15 is 0 Å². The number of nitrogens with one attached hydrogen (secondary N) is 1. The molecule has 0 aliphatic carbocycles. The average molecular weight is 412 g/mol. The number of benzene rings is 2. The van der Waals surface area contributed by atoms with E-state index in [1.807, 2.05) is 26.0 Å². The Morgan fingerprint density at radius 3 is 2.66 bits per heavy atom. The predicted molar refractivity (Wildman–Crippen MR) is 112 cm³/mol. The van der Waals surface area contributed by atoms with Crippen molar-refractivity contribution in [2.75, 3.05) is 19.0 Å². The van der Waals surface area contributed by atoms with E-state index in [0.717, 1.165) is 27.8 Å². The zero-order chi connectivity index (χ0) is 21.1. The molecule has 0 atom stereocenters. The van der Waals surface area contributed by atoms with Crippen LogP contribution in [0, 0.1) is 13.8 Å². The van der Waals surface area contributed by atoms with Gasteiger partial charge in [0.15, 0.2) is 11.5 Å². The molecule has 0 spiro atoms. The maximum absolute atomic E-state index is 12.6. The molecule has 0 aromatic heterocycles. The number of phenolic OH excluding ortho intramolecular Hbond substituents is 1. The van der Waals surface area contributed by atoms with Gasteiger partial charge in [0, 0.05) is 5.69 Å². The van der Waals surface area contributed by atoms with Crippen molar-refractivity contribution in [2.45, 2.75) is 13.8 Å². The molecule has 0 saturated carbocycles. The Bertz CT molecular complexity index is 1030. The number of amides is 3. The van der Waals surface area contributed by atoms with Gasteiger partial charge in [-0.05, 0) is 61.0 Å². The lowest BCUT2D eigenvalue weighted by Gasteiger charge is -2.14. The van der Waals surface area contributed by atoms with Gasteiger partial charge in [-0.15, -0.1) is 0 Å². The largest absolute Gasteiger partial charge is 0.504 e. The monoisotopic (exact) mass is 412 g/mol. The molecule has 1 saturated heterocycles. The van der Waals surface area contributed by atoms with Crippen molar-refractivity contribution in [1.29, 1.82) is 0 Å². The van der Waals surface area contributed by atoms with Crippen molar-refractivity contribution in [3.8, 4) is 11.5 Å². The Morgan fingerprint density at radius 1 is 1.21 bits per heavy atom. The standard InChI is InChI=1S/C21H20N2O5S/c1-12-4-6-15(13(2)8-12)22-19(25)11-23-20(26)18(29-21(23)27)10-14-5-7-16(24)17(9-14)28-3/h4-10,24H,11H2,1-3H3,(H,22,25)/b18-10+. The Kier molecular flexibility index (Phi) is 5.93. The van der Waals surface area contributed by atoms with Crippen LogP contribution in [0.15, 0.2) is 41.3 Å².